The third kappa shape index (κ3) is 9.06. The normalized spacial score (nSPS) is 14.8. The fourth-order valence-corrected chi connectivity index (χ4v) is 4.07. The van der Waals surface area contributed by atoms with Crippen LogP contribution >= 0.6 is 9.24 Å². The lowest BCUT2D eigenvalue weighted by Crippen LogP contribution is -2.23. The van der Waals surface area contributed by atoms with Crippen LogP contribution in [0.3, 0.4) is 0 Å². The molecule has 0 aromatic heterocycles. The lowest BCUT2D eigenvalue weighted by Gasteiger charge is -2.31. The SMILES string of the molecule is CCCCCCCC(P)C(CCCC)C(CC)CC. The Morgan fingerprint density at radius 3 is 1.79 bits per heavy atom. The van der Waals surface area contributed by atoms with Gasteiger partial charge in [-0.15, -0.1) is 9.24 Å². The van der Waals surface area contributed by atoms with Crippen molar-refractivity contribution in [3.8, 4) is 0 Å². The number of unbranched alkanes of at least 4 members (excludes halogenated alkanes) is 5. The summed E-state index contributed by atoms with van der Waals surface area (Å²) >= 11 is 0. The van der Waals surface area contributed by atoms with Crippen LogP contribution in [0.4, 0.5) is 0 Å². The Morgan fingerprint density at radius 1 is 0.684 bits per heavy atom. The molecular formula is C18H39P. The van der Waals surface area contributed by atoms with E-state index in [0.717, 1.165) is 17.5 Å². The highest BCUT2D eigenvalue weighted by molar-refractivity contribution is 7.17. The van der Waals surface area contributed by atoms with Gasteiger partial charge in [0.2, 0.25) is 0 Å². The molecule has 0 radical (unpaired) electrons. The van der Waals surface area contributed by atoms with Crippen LogP contribution in [0.25, 0.3) is 0 Å². The molecule has 1 heteroatoms. The first-order chi connectivity index (χ1) is 9.21. The van der Waals surface area contributed by atoms with Crippen molar-refractivity contribution in [1.82, 2.24) is 0 Å². The van der Waals surface area contributed by atoms with E-state index in [-0.39, 0.29) is 0 Å². The molecule has 3 unspecified atom stereocenters. The highest BCUT2D eigenvalue weighted by Gasteiger charge is 2.23. The van der Waals surface area contributed by atoms with Gasteiger partial charge in [0.15, 0.2) is 0 Å². The average Bonchev–Trinajstić information content (AvgIpc) is 2.43. The van der Waals surface area contributed by atoms with Crippen LogP contribution in [0.2, 0.25) is 0 Å². The second-order valence-corrected chi connectivity index (χ2v) is 7.11. The summed E-state index contributed by atoms with van der Waals surface area (Å²) in [6, 6.07) is 0. The van der Waals surface area contributed by atoms with E-state index in [1.807, 2.05) is 0 Å². The van der Waals surface area contributed by atoms with Gasteiger partial charge >= 0.3 is 0 Å². The van der Waals surface area contributed by atoms with Crippen molar-refractivity contribution in [2.24, 2.45) is 11.8 Å². The van der Waals surface area contributed by atoms with Gasteiger partial charge < -0.3 is 0 Å². The lowest BCUT2D eigenvalue weighted by molar-refractivity contribution is 0.272. The Kier molecular flexibility index (Phi) is 13.7. The minimum absolute atomic E-state index is 0.859. The van der Waals surface area contributed by atoms with E-state index >= 15 is 0 Å². The highest BCUT2D eigenvalue weighted by atomic mass is 31.0. The summed E-state index contributed by atoms with van der Waals surface area (Å²) in [4.78, 5) is 0. The summed E-state index contributed by atoms with van der Waals surface area (Å²) in [6.07, 6.45) is 15.5. The number of hydrogen-bond acceptors (Lipinski definition) is 0. The summed E-state index contributed by atoms with van der Waals surface area (Å²) < 4.78 is 0. The predicted molar refractivity (Wildman–Crippen MR) is 94.0 cm³/mol. The van der Waals surface area contributed by atoms with Crippen molar-refractivity contribution in [3.63, 3.8) is 0 Å². The smallest absolute Gasteiger partial charge is 0.0233 e. The maximum absolute atomic E-state index is 3.19. The largest absolute Gasteiger partial charge is 0.134 e. The van der Waals surface area contributed by atoms with Gasteiger partial charge in [0, 0.05) is 0 Å². The molecule has 0 heterocycles. The molecule has 0 saturated heterocycles. The fourth-order valence-electron chi connectivity index (χ4n) is 3.33. The molecule has 0 amide bonds. The number of rotatable bonds is 13. The summed E-state index contributed by atoms with van der Waals surface area (Å²) in [5, 5.41) is 0. The van der Waals surface area contributed by atoms with Crippen molar-refractivity contribution in [1.29, 1.82) is 0 Å². The topological polar surface area (TPSA) is 0 Å². The Bertz CT molecular complexity index is 175. The molecule has 0 aromatic rings. The molecule has 3 atom stereocenters. The van der Waals surface area contributed by atoms with E-state index in [9.17, 15) is 0 Å². The molecule has 0 N–H and O–H groups in total. The van der Waals surface area contributed by atoms with Gasteiger partial charge in [0.1, 0.15) is 0 Å². The molecule has 19 heavy (non-hydrogen) atoms. The summed E-state index contributed by atoms with van der Waals surface area (Å²) in [7, 11) is 3.19. The summed E-state index contributed by atoms with van der Waals surface area (Å²) in [5.41, 5.74) is 0.859. The van der Waals surface area contributed by atoms with E-state index in [0.29, 0.717) is 0 Å². The van der Waals surface area contributed by atoms with Crippen LogP contribution in [-0.2, 0) is 0 Å². The highest BCUT2D eigenvalue weighted by Crippen LogP contribution is 2.34. The molecule has 0 nitrogen and oxygen atoms in total. The maximum Gasteiger partial charge on any atom is -0.0233 e. The van der Waals surface area contributed by atoms with Gasteiger partial charge in [-0.05, 0) is 30.3 Å². The Balaban J connectivity index is 4.09. The minimum Gasteiger partial charge on any atom is -0.134 e. The summed E-state index contributed by atoms with van der Waals surface area (Å²) in [6.45, 7) is 9.39. The van der Waals surface area contributed by atoms with Crippen molar-refractivity contribution in [2.75, 3.05) is 0 Å². The number of hydrogen-bond donors (Lipinski definition) is 0. The van der Waals surface area contributed by atoms with Crippen LogP contribution in [0, 0.1) is 11.8 Å². The molecule has 0 aromatic carbocycles. The quantitative estimate of drug-likeness (QED) is 0.257. The van der Waals surface area contributed by atoms with Crippen LogP contribution in [0.15, 0.2) is 0 Å². The van der Waals surface area contributed by atoms with Gasteiger partial charge in [-0.2, -0.15) is 0 Å². The minimum atomic E-state index is 0.859. The van der Waals surface area contributed by atoms with Gasteiger partial charge in [-0.25, -0.2) is 0 Å². The second kappa shape index (κ2) is 13.4. The molecule has 116 valence electrons. The van der Waals surface area contributed by atoms with Crippen LogP contribution < -0.4 is 0 Å². The van der Waals surface area contributed by atoms with Gasteiger partial charge in [0.05, 0.1) is 0 Å². The zero-order valence-corrected chi connectivity index (χ0v) is 15.2. The third-order valence-corrected chi connectivity index (χ3v) is 5.56. The molecule has 0 aliphatic carbocycles. The van der Waals surface area contributed by atoms with E-state index in [1.54, 1.807) is 0 Å². The molecule has 0 saturated carbocycles. The molecule has 0 aliphatic rings. The Morgan fingerprint density at radius 2 is 1.26 bits per heavy atom. The van der Waals surface area contributed by atoms with Crippen LogP contribution in [-0.4, -0.2) is 5.66 Å². The first kappa shape index (κ1) is 19.4. The Labute approximate surface area is 125 Å². The molecule has 0 spiro atoms. The zero-order chi connectivity index (χ0) is 14.5. The Hall–Kier alpha value is 0.430. The lowest BCUT2D eigenvalue weighted by atomic mass is 9.80. The first-order valence-electron chi connectivity index (χ1n) is 8.96. The van der Waals surface area contributed by atoms with Crippen molar-refractivity contribution in [2.45, 2.75) is 104 Å². The van der Waals surface area contributed by atoms with E-state index in [2.05, 4.69) is 36.9 Å². The standard InChI is InChI=1S/C18H39P/c1-5-9-11-12-13-15-18(19)17(14-10-6-2)16(7-3)8-4/h16-18H,5-15,19H2,1-4H3. The van der Waals surface area contributed by atoms with Gasteiger partial charge in [0.25, 0.3) is 0 Å². The predicted octanol–water partition coefficient (Wildman–Crippen LogP) is 6.83. The molecule has 0 fully saturated rings. The zero-order valence-electron chi connectivity index (χ0n) is 14.1. The van der Waals surface area contributed by atoms with E-state index in [1.165, 1.54) is 70.6 Å². The second-order valence-electron chi connectivity index (χ2n) is 6.25. The monoisotopic (exact) mass is 286 g/mol. The van der Waals surface area contributed by atoms with E-state index < -0.39 is 0 Å². The summed E-state index contributed by atoms with van der Waals surface area (Å²) in [5.74, 6) is 1.90. The molecule has 0 aliphatic heterocycles. The molecule has 0 bridgehead atoms. The maximum atomic E-state index is 3.19. The van der Waals surface area contributed by atoms with Crippen LogP contribution in [0.5, 0.6) is 0 Å². The molecular weight excluding hydrogens is 247 g/mol. The van der Waals surface area contributed by atoms with Crippen molar-refractivity contribution >= 4 is 9.24 Å². The van der Waals surface area contributed by atoms with Crippen molar-refractivity contribution < 1.29 is 0 Å². The van der Waals surface area contributed by atoms with Crippen molar-refractivity contribution in [3.05, 3.63) is 0 Å². The fraction of sp³-hybridized carbons (Fsp3) is 1.00. The molecule has 0 rings (SSSR count). The average molecular weight is 286 g/mol. The van der Waals surface area contributed by atoms with Gasteiger partial charge in [-0.1, -0.05) is 85.5 Å². The van der Waals surface area contributed by atoms with Gasteiger partial charge in [-0.3, -0.25) is 0 Å². The van der Waals surface area contributed by atoms with E-state index in [4.69, 9.17) is 0 Å². The third-order valence-electron chi connectivity index (χ3n) is 4.74. The first-order valence-corrected chi connectivity index (χ1v) is 9.63. The van der Waals surface area contributed by atoms with Crippen LogP contribution in [0.1, 0.15) is 98.3 Å².